The molecule has 1 aromatic rings. The van der Waals surface area contributed by atoms with E-state index in [2.05, 4.69) is 4.74 Å². The van der Waals surface area contributed by atoms with Gasteiger partial charge in [-0.2, -0.15) is 0 Å². The monoisotopic (exact) mass is 239 g/mol. The van der Waals surface area contributed by atoms with E-state index in [1.54, 1.807) is 6.92 Å². The third-order valence-electron chi connectivity index (χ3n) is 2.16. The van der Waals surface area contributed by atoms with E-state index in [0.717, 1.165) is 0 Å². The number of hydrogen-bond donors (Lipinski definition) is 0. The third kappa shape index (κ3) is 3.44. The van der Waals surface area contributed by atoms with Crippen molar-refractivity contribution in [1.29, 1.82) is 0 Å². The molecule has 0 aromatic heterocycles. The molecule has 1 aromatic carbocycles. The maximum atomic E-state index is 11.3. The predicted octanol–water partition coefficient (Wildman–Crippen LogP) is 1.93. The number of benzene rings is 1. The van der Waals surface area contributed by atoms with Crippen LogP contribution in [0.4, 0.5) is 5.69 Å². The molecule has 1 rings (SSSR count). The van der Waals surface area contributed by atoms with Crippen LogP contribution in [-0.4, -0.2) is 24.1 Å². The van der Waals surface area contributed by atoms with Crippen molar-refractivity contribution in [2.75, 3.05) is 7.11 Å². The van der Waals surface area contributed by atoms with E-state index in [-0.39, 0.29) is 5.69 Å². The van der Waals surface area contributed by atoms with Gasteiger partial charge in [-0.3, -0.25) is 10.1 Å². The predicted molar refractivity (Wildman–Crippen MR) is 59.8 cm³/mol. The van der Waals surface area contributed by atoms with Crippen LogP contribution in [0.3, 0.4) is 0 Å². The van der Waals surface area contributed by atoms with Crippen molar-refractivity contribution in [1.82, 2.24) is 0 Å². The summed E-state index contributed by atoms with van der Waals surface area (Å²) in [4.78, 5) is 21.2. The van der Waals surface area contributed by atoms with Gasteiger partial charge in [0.2, 0.25) is 0 Å². The molecule has 0 aliphatic carbocycles. The quantitative estimate of drug-likeness (QED) is 0.445. The van der Waals surface area contributed by atoms with Crippen molar-refractivity contribution in [3.63, 3.8) is 0 Å². The molecule has 0 saturated heterocycles. The zero-order valence-corrected chi connectivity index (χ0v) is 9.58. The number of ether oxygens (including phenoxy) is 2. The molecule has 1 atom stereocenters. The summed E-state index contributed by atoms with van der Waals surface area (Å²) in [5.74, 6) is -0.0706. The van der Waals surface area contributed by atoms with E-state index in [9.17, 15) is 14.9 Å². The van der Waals surface area contributed by atoms with Crippen molar-refractivity contribution < 1.29 is 19.2 Å². The lowest BCUT2D eigenvalue weighted by Crippen LogP contribution is -2.27. The number of methoxy groups -OCH3 is 1. The zero-order chi connectivity index (χ0) is 12.8. The van der Waals surface area contributed by atoms with Gasteiger partial charge in [-0.05, 0) is 18.6 Å². The number of nitrogens with zero attached hydrogens (tertiary/aromatic N) is 1. The summed E-state index contributed by atoms with van der Waals surface area (Å²) >= 11 is 0. The summed E-state index contributed by atoms with van der Waals surface area (Å²) in [7, 11) is 1.28. The maximum Gasteiger partial charge on any atom is 0.347 e. The zero-order valence-electron chi connectivity index (χ0n) is 9.58. The Morgan fingerprint density at radius 3 is 2.41 bits per heavy atom. The van der Waals surface area contributed by atoms with Crippen LogP contribution >= 0.6 is 0 Å². The summed E-state index contributed by atoms with van der Waals surface area (Å²) in [6, 6.07) is 5.53. The molecule has 1 unspecified atom stereocenters. The molecule has 0 amide bonds. The first-order chi connectivity index (χ1) is 8.08. The van der Waals surface area contributed by atoms with Gasteiger partial charge in [0, 0.05) is 12.1 Å². The van der Waals surface area contributed by atoms with Crippen LogP contribution < -0.4 is 4.74 Å². The van der Waals surface area contributed by atoms with E-state index in [1.165, 1.54) is 31.4 Å². The topological polar surface area (TPSA) is 78.7 Å². The Morgan fingerprint density at radius 1 is 1.41 bits per heavy atom. The maximum absolute atomic E-state index is 11.3. The largest absolute Gasteiger partial charge is 0.479 e. The Balaban J connectivity index is 2.74. The highest BCUT2D eigenvalue weighted by Gasteiger charge is 2.18. The second kappa shape index (κ2) is 5.83. The number of non-ortho nitro benzene ring substituents is 1. The molecule has 92 valence electrons. The molecule has 0 radical (unpaired) electrons. The van der Waals surface area contributed by atoms with Crippen LogP contribution in [-0.2, 0) is 9.53 Å². The molecule has 0 fully saturated rings. The minimum Gasteiger partial charge on any atom is -0.479 e. The fraction of sp³-hybridized carbons (Fsp3) is 0.364. The Morgan fingerprint density at radius 2 is 2.00 bits per heavy atom. The van der Waals surface area contributed by atoms with Gasteiger partial charge in [-0.15, -0.1) is 0 Å². The van der Waals surface area contributed by atoms with Crippen LogP contribution in [0.15, 0.2) is 24.3 Å². The summed E-state index contributed by atoms with van der Waals surface area (Å²) in [6.45, 7) is 1.78. The normalized spacial score (nSPS) is 11.6. The smallest absolute Gasteiger partial charge is 0.347 e. The standard InChI is InChI=1S/C11H13NO5/c1-3-10(11(13)16-2)17-9-6-4-8(5-7-9)12(14)15/h4-7,10H,3H2,1-2H3. The number of carbonyl (C=O) groups is 1. The first kappa shape index (κ1) is 13.0. The Bertz CT molecular complexity index is 401. The number of nitro groups is 1. The molecule has 0 heterocycles. The van der Waals surface area contributed by atoms with Crippen LogP contribution in [0.5, 0.6) is 5.75 Å². The van der Waals surface area contributed by atoms with Gasteiger partial charge in [0.05, 0.1) is 12.0 Å². The van der Waals surface area contributed by atoms with Crippen LogP contribution in [0.1, 0.15) is 13.3 Å². The molecule has 0 aliphatic rings. The van der Waals surface area contributed by atoms with Gasteiger partial charge in [-0.25, -0.2) is 4.79 Å². The average Bonchev–Trinajstić information content (AvgIpc) is 2.35. The third-order valence-corrected chi connectivity index (χ3v) is 2.16. The summed E-state index contributed by atoms with van der Waals surface area (Å²) in [5.41, 5.74) is -0.0246. The molecule has 6 heteroatoms. The van der Waals surface area contributed by atoms with Gasteiger partial charge >= 0.3 is 5.97 Å². The molecule has 6 nitrogen and oxygen atoms in total. The molecule has 17 heavy (non-hydrogen) atoms. The molecule has 0 N–H and O–H groups in total. The van der Waals surface area contributed by atoms with Gasteiger partial charge in [0.15, 0.2) is 6.10 Å². The number of nitro benzene ring substituents is 1. The fourth-order valence-corrected chi connectivity index (χ4v) is 1.24. The molecule has 0 bridgehead atoms. The average molecular weight is 239 g/mol. The van der Waals surface area contributed by atoms with Gasteiger partial charge in [-0.1, -0.05) is 6.92 Å². The Hall–Kier alpha value is -2.11. The lowest BCUT2D eigenvalue weighted by molar-refractivity contribution is -0.384. The SMILES string of the molecule is CCC(Oc1ccc([N+](=O)[O-])cc1)C(=O)OC. The Kier molecular flexibility index (Phi) is 4.45. The molecular weight excluding hydrogens is 226 g/mol. The van der Waals surface area contributed by atoms with Crippen LogP contribution in [0.25, 0.3) is 0 Å². The Labute approximate surface area is 98.3 Å². The van der Waals surface area contributed by atoms with E-state index in [1.807, 2.05) is 0 Å². The number of hydrogen-bond acceptors (Lipinski definition) is 5. The van der Waals surface area contributed by atoms with Gasteiger partial charge in [0.1, 0.15) is 5.75 Å². The van der Waals surface area contributed by atoms with Gasteiger partial charge in [0.25, 0.3) is 5.69 Å². The highest BCUT2D eigenvalue weighted by Crippen LogP contribution is 2.19. The van der Waals surface area contributed by atoms with E-state index >= 15 is 0 Å². The first-order valence-corrected chi connectivity index (χ1v) is 5.07. The molecular formula is C11H13NO5. The second-order valence-corrected chi connectivity index (χ2v) is 3.29. The van der Waals surface area contributed by atoms with Crippen LogP contribution in [0, 0.1) is 10.1 Å². The number of carbonyl (C=O) groups excluding carboxylic acids is 1. The molecule has 0 aliphatic heterocycles. The molecule has 0 saturated carbocycles. The minimum absolute atomic E-state index is 0.0246. The minimum atomic E-state index is -0.693. The highest BCUT2D eigenvalue weighted by atomic mass is 16.6. The molecule has 0 spiro atoms. The van der Waals surface area contributed by atoms with Crippen LogP contribution in [0.2, 0.25) is 0 Å². The van der Waals surface area contributed by atoms with Crippen molar-refractivity contribution in [2.45, 2.75) is 19.4 Å². The van der Waals surface area contributed by atoms with Crippen molar-refractivity contribution in [3.8, 4) is 5.75 Å². The van der Waals surface area contributed by atoms with E-state index in [0.29, 0.717) is 12.2 Å². The first-order valence-electron chi connectivity index (χ1n) is 5.07. The van der Waals surface area contributed by atoms with Crippen molar-refractivity contribution in [3.05, 3.63) is 34.4 Å². The van der Waals surface area contributed by atoms with E-state index < -0.39 is 17.0 Å². The van der Waals surface area contributed by atoms with E-state index in [4.69, 9.17) is 4.74 Å². The van der Waals surface area contributed by atoms with Crippen molar-refractivity contribution >= 4 is 11.7 Å². The summed E-state index contributed by atoms with van der Waals surface area (Å²) in [5, 5.41) is 10.4. The fourth-order valence-electron chi connectivity index (χ4n) is 1.24. The number of rotatable bonds is 5. The summed E-state index contributed by atoms with van der Waals surface area (Å²) in [6.07, 6.45) is -0.231. The van der Waals surface area contributed by atoms with Gasteiger partial charge < -0.3 is 9.47 Å². The lowest BCUT2D eigenvalue weighted by atomic mass is 10.2. The lowest BCUT2D eigenvalue weighted by Gasteiger charge is -2.14. The summed E-state index contributed by atoms with van der Waals surface area (Å²) < 4.78 is 9.92. The highest BCUT2D eigenvalue weighted by molar-refractivity contribution is 5.74. The second-order valence-electron chi connectivity index (χ2n) is 3.29. The van der Waals surface area contributed by atoms with Crippen molar-refractivity contribution in [2.24, 2.45) is 0 Å². The number of esters is 1.